The highest BCUT2D eigenvalue weighted by atomic mass is 19.3. The van der Waals surface area contributed by atoms with Crippen LogP contribution in [-0.4, -0.2) is 45.4 Å². The molecule has 1 spiro atoms. The highest BCUT2D eigenvalue weighted by Crippen LogP contribution is 2.44. The van der Waals surface area contributed by atoms with E-state index >= 15 is 0 Å². The lowest BCUT2D eigenvalue weighted by Gasteiger charge is -2.47. The number of urea groups is 1. The van der Waals surface area contributed by atoms with Gasteiger partial charge in [-0.25, -0.2) is 9.78 Å². The van der Waals surface area contributed by atoms with Crippen LogP contribution in [0.25, 0.3) is 11.3 Å². The second kappa shape index (κ2) is 8.58. The SMILES string of the molecule is CC[C@@H](NC(=O)N1CC2(CCn3nc(-c4cnc(N)c(OC(F)F)c4)cc32)C1)c1ccccc1. The molecule has 3 N–H and O–H groups in total. The molecule has 0 bridgehead atoms. The molecule has 1 saturated heterocycles. The van der Waals surface area contributed by atoms with E-state index in [0.717, 1.165) is 30.6 Å². The van der Waals surface area contributed by atoms with Crippen molar-refractivity contribution in [3.8, 4) is 17.0 Å². The number of pyridine rings is 1. The summed E-state index contributed by atoms with van der Waals surface area (Å²) >= 11 is 0. The number of likely N-dealkylation sites (tertiary alicyclic amines) is 1. The van der Waals surface area contributed by atoms with Crippen LogP contribution in [0.2, 0.25) is 0 Å². The first kappa shape index (κ1) is 22.1. The van der Waals surface area contributed by atoms with Gasteiger partial charge in [0.1, 0.15) is 0 Å². The van der Waals surface area contributed by atoms with Gasteiger partial charge >= 0.3 is 12.6 Å². The summed E-state index contributed by atoms with van der Waals surface area (Å²) in [6.45, 7) is 1.01. The molecule has 2 aliphatic heterocycles. The quantitative estimate of drug-likeness (QED) is 0.571. The minimum absolute atomic E-state index is 0.0337. The summed E-state index contributed by atoms with van der Waals surface area (Å²) in [6, 6.07) is 13.2. The van der Waals surface area contributed by atoms with Crippen LogP contribution in [-0.2, 0) is 12.0 Å². The largest absolute Gasteiger partial charge is 0.431 e. The van der Waals surface area contributed by atoms with Crippen LogP contribution in [0.4, 0.5) is 19.4 Å². The van der Waals surface area contributed by atoms with Crippen molar-refractivity contribution >= 4 is 11.8 Å². The Morgan fingerprint density at radius 2 is 2.03 bits per heavy atom. The van der Waals surface area contributed by atoms with Crippen molar-refractivity contribution in [2.24, 2.45) is 0 Å². The lowest BCUT2D eigenvalue weighted by Crippen LogP contribution is -2.62. The molecule has 1 fully saturated rings. The zero-order valence-electron chi connectivity index (χ0n) is 18.7. The van der Waals surface area contributed by atoms with Gasteiger partial charge in [0, 0.05) is 42.5 Å². The summed E-state index contributed by atoms with van der Waals surface area (Å²) in [7, 11) is 0. The molecule has 0 unspecified atom stereocenters. The van der Waals surface area contributed by atoms with Crippen molar-refractivity contribution in [3.63, 3.8) is 0 Å². The monoisotopic (exact) mass is 468 g/mol. The van der Waals surface area contributed by atoms with Crippen LogP contribution >= 0.6 is 0 Å². The third kappa shape index (κ3) is 3.93. The highest BCUT2D eigenvalue weighted by molar-refractivity contribution is 5.76. The number of nitrogens with two attached hydrogens (primary N) is 1. The average molecular weight is 469 g/mol. The van der Waals surface area contributed by atoms with Crippen LogP contribution in [0.1, 0.15) is 37.1 Å². The minimum Gasteiger partial charge on any atom is -0.431 e. The molecule has 8 nitrogen and oxygen atoms in total. The Kier molecular flexibility index (Phi) is 5.59. The van der Waals surface area contributed by atoms with Crippen LogP contribution < -0.4 is 15.8 Å². The molecule has 2 amide bonds. The second-order valence-electron chi connectivity index (χ2n) is 8.83. The minimum atomic E-state index is -2.99. The number of hydrogen-bond acceptors (Lipinski definition) is 5. The third-order valence-corrected chi connectivity index (χ3v) is 6.70. The molecule has 34 heavy (non-hydrogen) atoms. The van der Waals surface area contributed by atoms with Crippen LogP contribution in [0.15, 0.2) is 48.7 Å². The van der Waals surface area contributed by atoms with Gasteiger partial charge in [-0.2, -0.15) is 13.9 Å². The lowest BCUT2D eigenvalue weighted by molar-refractivity contribution is -0.0494. The maximum Gasteiger partial charge on any atom is 0.387 e. The number of anilines is 1. The number of amides is 2. The van der Waals surface area contributed by atoms with Gasteiger partial charge in [-0.05, 0) is 30.5 Å². The van der Waals surface area contributed by atoms with E-state index in [1.54, 1.807) is 0 Å². The summed E-state index contributed by atoms with van der Waals surface area (Å²) < 4.78 is 31.7. The Labute approximate surface area is 195 Å². The van der Waals surface area contributed by atoms with Gasteiger partial charge in [0.2, 0.25) is 0 Å². The molecule has 4 heterocycles. The maximum absolute atomic E-state index is 12.9. The molecular weight excluding hydrogens is 442 g/mol. The summed E-state index contributed by atoms with van der Waals surface area (Å²) in [5.41, 5.74) is 8.78. The summed E-state index contributed by atoms with van der Waals surface area (Å²) in [5, 5.41) is 7.78. The van der Waals surface area contributed by atoms with E-state index in [9.17, 15) is 13.6 Å². The fraction of sp³-hybridized carbons (Fsp3) is 0.375. The van der Waals surface area contributed by atoms with Crippen molar-refractivity contribution in [2.45, 2.75) is 44.4 Å². The molecule has 0 saturated carbocycles. The topological polar surface area (TPSA) is 98.3 Å². The second-order valence-corrected chi connectivity index (χ2v) is 8.83. The molecule has 5 rings (SSSR count). The van der Waals surface area contributed by atoms with Gasteiger partial charge in [0.15, 0.2) is 11.6 Å². The fourth-order valence-corrected chi connectivity index (χ4v) is 4.88. The Morgan fingerprint density at radius 3 is 2.74 bits per heavy atom. The number of halogens is 2. The van der Waals surface area contributed by atoms with Crippen LogP contribution in [0.3, 0.4) is 0 Å². The van der Waals surface area contributed by atoms with Gasteiger partial charge in [0.25, 0.3) is 0 Å². The number of nitrogens with one attached hydrogen (secondary N) is 1. The predicted molar refractivity (Wildman–Crippen MR) is 122 cm³/mol. The summed E-state index contributed by atoms with van der Waals surface area (Å²) in [6.07, 6.45) is 3.19. The number of rotatable bonds is 6. The number of alkyl halides is 2. The average Bonchev–Trinajstić information content (AvgIpc) is 3.37. The predicted octanol–water partition coefficient (Wildman–Crippen LogP) is 3.95. The third-order valence-electron chi connectivity index (χ3n) is 6.70. The number of ether oxygens (including phenoxy) is 1. The number of carbonyl (C=O) groups excluding carboxylic acids is 1. The molecule has 1 atom stereocenters. The molecule has 3 aromatic rings. The molecule has 10 heteroatoms. The highest BCUT2D eigenvalue weighted by Gasteiger charge is 2.51. The van der Waals surface area contributed by atoms with E-state index in [2.05, 4.69) is 27.1 Å². The van der Waals surface area contributed by atoms with Crippen molar-refractivity contribution in [3.05, 3.63) is 59.9 Å². The van der Waals surface area contributed by atoms with Crippen molar-refractivity contribution in [2.75, 3.05) is 18.8 Å². The molecular formula is C24H26F2N6O2. The molecule has 1 aromatic carbocycles. The van der Waals surface area contributed by atoms with E-state index < -0.39 is 6.61 Å². The van der Waals surface area contributed by atoms with Crippen molar-refractivity contribution in [1.82, 2.24) is 25.0 Å². The molecule has 2 aliphatic rings. The number of nitrogens with zero attached hydrogens (tertiary/aromatic N) is 4. The molecule has 2 aromatic heterocycles. The van der Waals surface area contributed by atoms with E-state index in [1.807, 2.05) is 46.0 Å². The van der Waals surface area contributed by atoms with Crippen LogP contribution in [0, 0.1) is 0 Å². The zero-order valence-corrected chi connectivity index (χ0v) is 18.7. The Bertz CT molecular complexity index is 1190. The summed E-state index contributed by atoms with van der Waals surface area (Å²) in [4.78, 5) is 18.7. The maximum atomic E-state index is 12.9. The van der Waals surface area contributed by atoms with Gasteiger partial charge in [0.05, 0.1) is 11.7 Å². The number of nitrogen functional groups attached to an aromatic ring is 1. The first-order valence-electron chi connectivity index (χ1n) is 11.3. The van der Waals surface area contributed by atoms with Gasteiger partial charge in [-0.3, -0.25) is 4.68 Å². The lowest BCUT2D eigenvalue weighted by atomic mass is 9.76. The van der Waals surface area contributed by atoms with E-state index in [4.69, 9.17) is 5.73 Å². The number of aromatic nitrogens is 3. The number of aryl methyl sites for hydroxylation is 1. The first-order valence-corrected chi connectivity index (χ1v) is 11.3. The smallest absolute Gasteiger partial charge is 0.387 e. The Balaban J connectivity index is 1.29. The standard InChI is InChI=1S/C24H26F2N6O2/c1-2-17(15-6-4-3-5-7-15)29-23(33)31-13-24(14-31)8-9-32-20(24)11-18(30-32)16-10-19(34-22(25)26)21(27)28-12-16/h3-7,10-12,17,22H,2,8-9,13-14H2,1H3,(H2,27,28)(H,29,33)/t17-/m1/s1. The zero-order chi connectivity index (χ0) is 23.9. The fourth-order valence-electron chi connectivity index (χ4n) is 4.88. The van der Waals surface area contributed by atoms with E-state index in [0.29, 0.717) is 24.3 Å². The summed E-state index contributed by atoms with van der Waals surface area (Å²) in [5.74, 6) is -0.278. The number of benzene rings is 1. The van der Waals surface area contributed by atoms with Gasteiger partial charge < -0.3 is 20.7 Å². The molecule has 0 aliphatic carbocycles. The van der Waals surface area contributed by atoms with Gasteiger partial charge in [-0.15, -0.1) is 0 Å². The van der Waals surface area contributed by atoms with Gasteiger partial charge in [-0.1, -0.05) is 37.3 Å². The van der Waals surface area contributed by atoms with E-state index in [-0.39, 0.29) is 29.1 Å². The normalized spacial score (nSPS) is 16.9. The number of fused-ring (bicyclic) bond motifs is 2. The van der Waals surface area contributed by atoms with Crippen LogP contribution in [0.5, 0.6) is 5.75 Å². The van der Waals surface area contributed by atoms with E-state index in [1.165, 1.54) is 12.3 Å². The van der Waals surface area contributed by atoms with Crippen molar-refractivity contribution in [1.29, 1.82) is 0 Å². The molecule has 0 radical (unpaired) electrons. The Morgan fingerprint density at radius 1 is 1.26 bits per heavy atom. The van der Waals surface area contributed by atoms with Crippen molar-refractivity contribution < 1.29 is 18.3 Å². The first-order chi connectivity index (χ1) is 16.4. The Hall–Kier alpha value is -3.69. The number of carbonyl (C=O) groups is 1. The molecule has 178 valence electrons. The number of hydrogen-bond donors (Lipinski definition) is 2.